The van der Waals surface area contributed by atoms with E-state index in [1.807, 2.05) is 12.1 Å². The first-order valence-electron chi connectivity index (χ1n) is 7.59. The van der Waals surface area contributed by atoms with Gasteiger partial charge in [0.05, 0.1) is 0 Å². The topological polar surface area (TPSA) is 39.9 Å². The van der Waals surface area contributed by atoms with Crippen LogP contribution in [-0.2, 0) is 6.54 Å². The van der Waals surface area contributed by atoms with Crippen LogP contribution >= 0.6 is 0 Å². The second kappa shape index (κ2) is 8.71. The van der Waals surface area contributed by atoms with Gasteiger partial charge in [0.2, 0.25) is 0 Å². The zero-order valence-corrected chi connectivity index (χ0v) is 13.3. The quantitative estimate of drug-likeness (QED) is 0.722. The van der Waals surface area contributed by atoms with Crippen LogP contribution in [0, 0.1) is 23.2 Å². The van der Waals surface area contributed by atoms with Gasteiger partial charge < -0.3 is 0 Å². The van der Waals surface area contributed by atoms with Crippen LogP contribution in [0.3, 0.4) is 0 Å². The standard InChI is InChI=1S/C17H27N3/c1-14(2)7-10-20(11-8-15(3)4)13-16-6-5-9-19-17(16)12-18/h5-6,9,14-15H,7-8,10-11,13H2,1-4H3. The van der Waals surface area contributed by atoms with Gasteiger partial charge in [0.15, 0.2) is 0 Å². The molecule has 110 valence electrons. The van der Waals surface area contributed by atoms with Crippen LogP contribution in [0.5, 0.6) is 0 Å². The van der Waals surface area contributed by atoms with Crippen LogP contribution in [0.15, 0.2) is 18.3 Å². The highest BCUT2D eigenvalue weighted by Gasteiger charge is 2.11. The molecule has 0 aliphatic rings. The molecule has 0 bridgehead atoms. The minimum atomic E-state index is 0.562. The lowest BCUT2D eigenvalue weighted by Gasteiger charge is -2.24. The normalized spacial score (nSPS) is 11.3. The van der Waals surface area contributed by atoms with Gasteiger partial charge in [-0.25, -0.2) is 4.98 Å². The number of hydrogen-bond donors (Lipinski definition) is 0. The predicted molar refractivity (Wildman–Crippen MR) is 83.1 cm³/mol. The van der Waals surface area contributed by atoms with Gasteiger partial charge in [-0.05, 0) is 43.8 Å². The fourth-order valence-electron chi connectivity index (χ4n) is 2.06. The summed E-state index contributed by atoms with van der Waals surface area (Å²) in [7, 11) is 0. The zero-order valence-electron chi connectivity index (χ0n) is 13.3. The van der Waals surface area contributed by atoms with Gasteiger partial charge in [0.1, 0.15) is 11.8 Å². The highest BCUT2D eigenvalue weighted by Crippen LogP contribution is 2.12. The zero-order chi connectivity index (χ0) is 15.0. The molecule has 1 aromatic heterocycles. The van der Waals surface area contributed by atoms with Crippen LogP contribution in [0.25, 0.3) is 0 Å². The van der Waals surface area contributed by atoms with Crippen molar-refractivity contribution in [2.45, 2.75) is 47.1 Å². The van der Waals surface area contributed by atoms with Crippen LogP contribution in [0.4, 0.5) is 0 Å². The van der Waals surface area contributed by atoms with Gasteiger partial charge in [0.25, 0.3) is 0 Å². The summed E-state index contributed by atoms with van der Waals surface area (Å²) in [6.45, 7) is 12.0. The molecule has 0 saturated carbocycles. The van der Waals surface area contributed by atoms with Crippen molar-refractivity contribution in [2.75, 3.05) is 13.1 Å². The van der Waals surface area contributed by atoms with E-state index in [2.05, 4.69) is 43.6 Å². The van der Waals surface area contributed by atoms with E-state index in [9.17, 15) is 0 Å². The lowest BCUT2D eigenvalue weighted by molar-refractivity contribution is 0.235. The van der Waals surface area contributed by atoms with Crippen LogP contribution < -0.4 is 0 Å². The molecule has 3 nitrogen and oxygen atoms in total. The minimum Gasteiger partial charge on any atom is -0.299 e. The van der Waals surface area contributed by atoms with Crippen molar-refractivity contribution < 1.29 is 0 Å². The molecule has 0 radical (unpaired) electrons. The molecule has 0 saturated heterocycles. The SMILES string of the molecule is CC(C)CCN(CCC(C)C)Cc1cccnc1C#N. The Labute approximate surface area is 123 Å². The molecule has 0 fully saturated rings. The van der Waals surface area contributed by atoms with Crippen molar-refractivity contribution in [3.8, 4) is 6.07 Å². The summed E-state index contributed by atoms with van der Waals surface area (Å²) in [5, 5.41) is 9.14. The summed E-state index contributed by atoms with van der Waals surface area (Å²) in [5.74, 6) is 1.42. The molecule has 0 amide bonds. The fraction of sp³-hybridized carbons (Fsp3) is 0.647. The molecule has 0 atom stereocenters. The first-order chi connectivity index (χ1) is 9.52. The van der Waals surface area contributed by atoms with E-state index in [0.717, 1.165) is 25.2 Å². The van der Waals surface area contributed by atoms with Gasteiger partial charge >= 0.3 is 0 Å². The Hall–Kier alpha value is -1.40. The van der Waals surface area contributed by atoms with Crippen LogP contribution in [0.1, 0.15) is 51.8 Å². The van der Waals surface area contributed by atoms with Gasteiger partial charge in [-0.3, -0.25) is 4.90 Å². The summed E-state index contributed by atoms with van der Waals surface area (Å²) < 4.78 is 0. The molecule has 1 heterocycles. The van der Waals surface area contributed by atoms with Crippen molar-refractivity contribution in [3.05, 3.63) is 29.6 Å². The number of rotatable bonds is 8. The number of nitriles is 1. The summed E-state index contributed by atoms with van der Waals surface area (Å²) in [6, 6.07) is 6.13. The summed E-state index contributed by atoms with van der Waals surface area (Å²) in [6.07, 6.45) is 4.08. The Morgan fingerprint density at radius 1 is 1.15 bits per heavy atom. The molecular weight excluding hydrogens is 246 g/mol. The second-order valence-electron chi connectivity index (χ2n) is 6.26. The predicted octanol–water partition coefficient (Wildman–Crippen LogP) is 3.85. The third kappa shape index (κ3) is 6.16. The molecule has 0 unspecified atom stereocenters. The monoisotopic (exact) mass is 273 g/mol. The Morgan fingerprint density at radius 3 is 2.25 bits per heavy atom. The Bertz CT molecular complexity index is 420. The number of hydrogen-bond acceptors (Lipinski definition) is 3. The van der Waals surface area contributed by atoms with E-state index in [4.69, 9.17) is 5.26 Å². The van der Waals surface area contributed by atoms with Gasteiger partial charge in [0, 0.05) is 18.3 Å². The van der Waals surface area contributed by atoms with Crippen molar-refractivity contribution in [2.24, 2.45) is 11.8 Å². The lowest BCUT2D eigenvalue weighted by atomic mass is 10.1. The smallest absolute Gasteiger partial charge is 0.144 e. The molecule has 3 heteroatoms. The molecule has 20 heavy (non-hydrogen) atoms. The maximum Gasteiger partial charge on any atom is 0.144 e. The highest BCUT2D eigenvalue weighted by atomic mass is 15.1. The molecule has 1 aromatic rings. The largest absolute Gasteiger partial charge is 0.299 e. The van der Waals surface area contributed by atoms with Gasteiger partial charge in [-0.1, -0.05) is 33.8 Å². The molecule has 0 spiro atoms. The number of aromatic nitrogens is 1. The van der Waals surface area contributed by atoms with Crippen LogP contribution in [0.2, 0.25) is 0 Å². The Kier molecular flexibility index (Phi) is 7.25. The van der Waals surface area contributed by atoms with E-state index in [0.29, 0.717) is 17.5 Å². The van der Waals surface area contributed by atoms with Crippen molar-refractivity contribution in [1.82, 2.24) is 9.88 Å². The molecule has 0 aromatic carbocycles. The third-order valence-electron chi connectivity index (χ3n) is 3.44. The number of nitrogens with zero attached hydrogens (tertiary/aromatic N) is 3. The molecular formula is C17H27N3. The maximum atomic E-state index is 9.14. The van der Waals surface area contributed by atoms with Gasteiger partial charge in [-0.2, -0.15) is 5.26 Å². The summed E-state index contributed by atoms with van der Waals surface area (Å²) in [4.78, 5) is 6.61. The fourth-order valence-corrected chi connectivity index (χ4v) is 2.06. The molecule has 0 aliphatic heterocycles. The van der Waals surface area contributed by atoms with E-state index >= 15 is 0 Å². The highest BCUT2D eigenvalue weighted by molar-refractivity contribution is 5.30. The van der Waals surface area contributed by atoms with E-state index < -0.39 is 0 Å². The van der Waals surface area contributed by atoms with Gasteiger partial charge in [-0.15, -0.1) is 0 Å². The Balaban J connectivity index is 2.69. The van der Waals surface area contributed by atoms with Crippen molar-refractivity contribution >= 4 is 0 Å². The lowest BCUT2D eigenvalue weighted by Crippen LogP contribution is -2.27. The van der Waals surface area contributed by atoms with E-state index in [1.165, 1.54) is 12.8 Å². The minimum absolute atomic E-state index is 0.562. The van der Waals surface area contributed by atoms with Crippen molar-refractivity contribution in [3.63, 3.8) is 0 Å². The summed E-state index contributed by atoms with van der Waals surface area (Å²) in [5.41, 5.74) is 1.61. The summed E-state index contributed by atoms with van der Waals surface area (Å²) >= 11 is 0. The Morgan fingerprint density at radius 2 is 1.75 bits per heavy atom. The number of pyridine rings is 1. The maximum absolute atomic E-state index is 9.14. The first kappa shape index (κ1) is 16.7. The molecule has 1 rings (SSSR count). The molecule has 0 aliphatic carbocycles. The second-order valence-corrected chi connectivity index (χ2v) is 6.26. The van der Waals surface area contributed by atoms with E-state index in [-0.39, 0.29) is 0 Å². The van der Waals surface area contributed by atoms with Crippen molar-refractivity contribution in [1.29, 1.82) is 5.26 Å². The average Bonchev–Trinajstić information content (AvgIpc) is 2.42. The van der Waals surface area contributed by atoms with Crippen LogP contribution in [-0.4, -0.2) is 23.0 Å². The first-order valence-corrected chi connectivity index (χ1v) is 7.59. The third-order valence-corrected chi connectivity index (χ3v) is 3.44. The van der Waals surface area contributed by atoms with E-state index in [1.54, 1.807) is 6.20 Å². The molecule has 0 N–H and O–H groups in total. The average molecular weight is 273 g/mol.